The van der Waals surface area contributed by atoms with Gasteiger partial charge in [-0.15, -0.1) is 0 Å². The van der Waals surface area contributed by atoms with Crippen molar-refractivity contribution in [1.29, 1.82) is 0 Å². The maximum absolute atomic E-state index is 5.98. The summed E-state index contributed by atoms with van der Waals surface area (Å²) in [6.07, 6.45) is 0. The molecule has 0 heterocycles. The summed E-state index contributed by atoms with van der Waals surface area (Å²) in [6, 6.07) is 22.6. The molecule has 0 aromatic heterocycles. The smallest absolute Gasteiger partial charge is 0.148 e. The zero-order chi connectivity index (χ0) is 17.6. The van der Waals surface area contributed by atoms with Crippen molar-refractivity contribution in [1.82, 2.24) is 0 Å². The van der Waals surface area contributed by atoms with Crippen LogP contribution in [0.25, 0.3) is 0 Å². The van der Waals surface area contributed by atoms with E-state index in [0.29, 0.717) is 6.61 Å². The minimum atomic E-state index is 0.541. The number of ether oxygens (including phenoxy) is 1. The monoisotopic (exact) mass is 459 g/mol. The van der Waals surface area contributed by atoms with Gasteiger partial charge in [-0.3, -0.25) is 0 Å². The third kappa shape index (κ3) is 4.86. The first-order valence-electron chi connectivity index (χ1n) is 8.07. The summed E-state index contributed by atoms with van der Waals surface area (Å²) in [7, 11) is 0. The van der Waals surface area contributed by atoms with E-state index in [1.807, 2.05) is 30.3 Å². The average Bonchev–Trinajstić information content (AvgIpc) is 2.61. The number of para-hydroxylation sites is 1. The van der Waals surface area contributed by atoms with Gasteiger partial charge in [-0.05, 0) is 73.7 Å². The quantitative estimate of drug-likeness (QED) is 0.441. The molecule has 4 heteroatoms. The number of aryl methyl sites for hydroxylation is 1. The highest BCUT2D eigenvalue weighted by molar-refractivity contribution is 9.11. The molecule has 0 radical (unpaired) electrons. The third-order valence-electron chi connectivity index (χ3n) is 3.91. The zero-order valence-corrected chi connectivity index (χ0v) is 17.1. The summed E-state index contributed by atoms with van der Waals surface area (Å²) in [5, 5.41) is 3.48. The molecule has 0 amide bonds. The second-order valence-electron chi connectivity index (χ2n) is 5.83. The molecule has 2 nitrogen and oxygen atoms in total. The molecule has 0 saturated heterocycles. The van der Waals surface area contributed by atoms with Crippen LogP contribution >= 0.6 is 31.9 Å². The lowest BCUT2D eigenvalue weighted by Gasteiger charge is -2.14. The molecule has 0 aliphatic carbocycles. The minimum absolute atomic E-state index is 0.541. The van der Waals surface area contributed by atoms with Crippen molar-refractivity contribution in [2.45, 2.75) is 20.1 Å². The molecule has 3 aromatic carbocycles. The van der Waals surface area contributed by atoms with Gasteiger partial charge >= 0.3 is 0 Å². The van der Waals surface area contributed by atoms with Crippen molar-refractivity contribution in [3.05, 3.63) is 92.4 Å². The minimum Gasteiger partial charge on any atom is -0.487 e. The second kappa shape index (κ2) is 8.54. The molecule has 0 spiro atoms. The van der Waals surface area contributed by atoms with E-state index in [-0.39, 0.29) is 0 Å². The average molecular weight is 461 g/mol. The summed E-state index contributed by atoms with van der Waals surface area (Å²) in [6.45, 7) is 3.40. The predicted octanol–water partition coefficient (Wildman–Crippen LogP) is 6.71. The summed E-state index contributed by atoms with van der Waals surface area (Å²) in [5.74, 6) is 0.823. The van der Waals surface area contributed by atoms with E-state index < -0.39 is 0 Å². The van der Waals surface area contributed by atoms with Crippen molar-refractivity contribution >= 4 is 37.5 Å². The first-order valence-corrected chi connectivity index (χ1v) is 9.66. The van der Waals surface area contributed by atoms with Crippen molar-refractivity contribution in [2.24, 2.45) is 0 Å². The summed E-state index contributed by atoms with van der Waals surface area (Å²) in [4.78, 5) is 0. The third-order valence-corrected chi connectivity index (χ3v) is 5.09. The molecule has 0 atom stereocenters. The molecule has 0 bridgehead atoms. The predicted molar refractivity (Wildman–Crippen MR) is 111 cm³/mol. The fourth-order valence-electron chi connectivity index (χ4n) is 2.55. The van der Waals surface area contributed by atoms with Gasteiger partial charge in [0, 0.05) is 12.2 Å². The molecule has 0 unspecified atom stereocenters. The topological polar surface area (TPSA) is 21.3 Å². The van der Waals surface area contributed by atoms with Gasteiger partial charge in [0.25, 0.3) is 0 Å². The van der Waals surface area contributed by atoms with Gasteiger partial charge in [-0.2, -0.15) is 0 Å². The number of hydrogen-bond acceptors (Lipinski definition) is 2. The SMILES string of the molecule is Cc1ccccc1NCc1cc(Br)c(OCc2ccccc2)c(Br)c1. The van der Waals surface area contributed by atoms with Crippen LogP contribution in [0.5, 0.6) is 5.75 Å². The van der Waals surface area contributed by atoms with Crippen LogP contribution in [-0.4, -0.2) is 0 Å². The standard InChI is InChI=1S/C21H19Br2NO/c1-15-7-5-6-10-20(15)24-13-17-11-18(22)21(19(23)12-17)25-14-16-8-3-2-4-9-16/h2-12,24H,13-14H2,1H3. The van der Waals surface area contributed by atoms with Gasteiger partial charge < -0.3 is 10.1 Å². The molecule has 0 aliphatic heterocycles. The normalized spacial score (nSPS) is 10.5. The molecule has 128 valence electrons. The Balaban J connectivity index is 1.68. The first-order chi connectivity index (χ1) is 12.1. The Kier molecular flexibility index (Phi) is 6.16. The van der Waals surface area contributed by atoms with E-state index >= 15 is 0 Å². The summed E-state index contributed by atoms with van der Waals surface area (Å²) < 4.78 is 7.86. The van der Waals surface area contributed by atoms with E-state index in [1.54, 1.807) is 0 Å². The fourth-order valence-corrected chi connectivity index (χ4v) is 4.06. The Hall–Kier alpha value is -1.78. The number of benzene rings is 3. The maximum atomic E-state index is 5.98. The van der Waals surface area contributed by atoms with Crippen molar-refractivity contribution in [3.63, 3.8) is 0 Å². The number of nitrogens with one attached hydrogen (secondary N) is 1. The highest BCUT2D eigenvalue weighted by Gasteiger charge is 2.10. The largest absolute Gasteiger partial charge is 0.487 e. The van der Waals surface area contributed by atoms with Crippen LogP contribution in [0.1, 0.15) is 16.7 Å². The lowest BCUT2D eigenvalue weighted by Crippen LogP contribution is -2.02. The Morgan fingerprint density at radius 1 is 0.840 bits per heavy atom. The zero-order valence-electron chi connectivity index (χ0n) is 13.9. The van der Waals surface area contributed by atoms with Crippen molar-refractivity contribution in [3.8, 4) is 5.75 Å². The van der Waals surface area contributed by atoms with Gasteiger partial charge in [0.2, 0.25) is 0 Å². The molecular weight excluding hydrogens is 442 g/mol. The Bertz CT molecular complexity index is 827. The van der Waals surface area contributed by atoms with Crippen LogP contribution in [-0.2, 0) is 13.2 Å². The van der Waals surface area contributed by atoms with E-state index in [0.717, 1.165) is 32.5 Å². The van der Waals surface area contributed by atoms with Gasteiger partial charge in [0.1, 0.15) is 12.4 Å². The molecule has 0 fully saturated rings. The van der Waals surface area contributed by atoms with E-state index in [1.165, 1.54) is 11.1 Å². The molecule has 0 saturated carbocycles. The van der Waals surface area contributed by atoms with Crippen LogP contribution < -0.4 is 10.1 Å². The molecule has 0 aliphatic rings. The highest BCUT2D eigenvalue weighted by Crippen LogP contribution is 2.35. The van der Waals surface area contributed by atoms with E-state index in [9.17, 15) is 0 Å². The Morgan fingerprint density at radius 2 is 1.48 bits per heavy atom. The number of halogens is 2. The summed E-state index contributed by atoms with van der Waals surface area (Å²) >= 11 is 7.26. The molecule has 25 heavy (non-hydrogen) atoms. The van der Waals surface area contributed by atoms with E-state index in [4.69, 9.17) is 4.74 Å². The highest BCUT2D eigenvalue weighted by atomic mass is 79.9. The molecular formula is C21H19Br2NO. The number of rotatable bonds is 6. The number of anilines is 1. The van der Waals surface area contributed by atoms with Crippen LogP contribution in [0.4, 0.5) is 5.69 Å². The van der Waals surface area contributed by atoms with Crippen LogP contribution in [0, 0.1) is 6.92 Å². The fraction of sp³-hybridized carbons (Fsp3) is 0.143. The molecule has 3 rings (SSSR count). The van der Waals surface area contributed by atoms with Crippen LogP contribution in [0.2, 0.25) is 0 Å². The van der Waals surface area contributed by atoms with E-state index in [2.05, 4.69) is 80.5 Å². The van der Waals surface area contributed by atoms with Crippen LogP contribution in [0.3, 0.4) is 0 Å². The second-order valence-corrected chi connectivity index (χ2v) is 7.54. The first kappa shape index (κ1) is 18.0. The lowest BCUT2D eigenvalue weighted by molar-refractivity contribution is 0.302. The van der Waals surface area contributed by atoms with Gasteiger partial charge in [0.15, 0.2) is 0 Å². The van der Waals surface area contributed by atoms with Crippen LogP contribution in [0.15, 0.2) is 75.7 Å². The van der Waals surface area contributed by atoms with Gasteiger partial charge in [-0.25, -0.2) is 0 Å². The number of hydrogen-bond donors (Lipinski definition) is 1. The van der Waals surface area contributed by atoms with Crippen molar-refractivity contribution < 1.29 is 4.74 Å². The molecule has 3 aromatic rings. The van der Waals surface area contributed by atoms with Gasteiger partial charge in [-0.1, -0.05) is 48.5 Å². The van der Waals surface area contributed by atoms with Gasteiger partial charge in [0.05, 0.1) is 8.95 Å². The molecule has 1 N–H and O–H groups in total. The lowest BCUT2D eigenvalue weighted by atomic mass is 10.1. The maximum Gasteiger partial charge on any atom is 0.148 e. The Labute approximate surface area is 165 Å². The Morgan fingerprint density at radius 3 is 2.16 bits per heavy atom. The van der Waals surface area contributed by atoms with Crippen molar-refractivity contribution in [2.75, 3.05) is 5.32 Å². The summed E-state index contributed by atoms with van der Waals surface area (Å²) in [5.41, 5.74) is 4.71.